The summed E-state index contributed by atoms with van der Waals surface area (Å²) < 4.78 is 1.96. The van der Waals surface area contributed by atoms with Crippen LogP contribution in [0, 0.1) is 6.92 Å². The van der Waals surface area contributed by atoms with Gasteiger partial charge in [-0.05, 0) is 31.0 Å². The van der Waals surface area contributed by atoms with Crippen LogP contribution in [0.1, 0.15) is 17.7 Å². The normalized spacial score (nSPS) is 10.9. The molecule has 2 aromatic rings. The Balaban J connectivity index is 0.00000242. The third kappa shape index (κ3) is 6.42. The zero-order chi connectivity index (χ0) is 14.9. The molecule has 2 aromatic heterocycles. The highest BCUT2D eigenvalue weighted by Crippen LogP contribution is 1.95. The van der Waals surface area contributed by atoms with Gasteiger partial charge in [0.1, 0.15) is 0 Å². The lowest BCUT2D eigenvalue weighted by Gasteiger charge is -2.11. The number of rotatable bonds is 6. The number of nitrogens with one attached hydrogen (secondary N) is 2. The van der Waals surface area contributed by atoms with Crippen LogP contribution in [-0.2, 0) is 13.1 Å². The van der Waals surface area contributed by atoms with Gasteiger partial charge in [0.05, 0.1) is 18.4 Å². The lowest BCUT2D eigenvalue weighted by atomic mass is 10.3. The van der Waals surface area contributed by atoms with Crippen molar-refractivity contribution in [1.29, 1.82) is 0 Å². The SMILES string of the molecule is CN=C(NCCCn1cc(C)cn1)NCc1ccccn1.I. The molecule has 0 atom stereocenters. The summed E-state index contributed by atoms with van der Waals surface area (Å²) in [5, 5.41) is 10.8. The second-order valence-corrected chi connectivity index (χ2v) is 4.81. The molecular formula is C15H23IN6. The Kier molecular flexibility index (Phi) is 8.49. The molecule has 0 aliphatic carbocycles. The predicted molar refractivity (Wildman–Crippen MR) is 99.4 cm³/mol. The van der Waals surface area contributed by atoms with Gasteiger partial charge in [0.2, 0.25) is 0 Å². The minimum absolute atomic E-state index is 0. The fourth-order valence-corrected chi connectivity index (χ4v) is 1.93. The van der Waals surface area contributed by atoms with Gasteiger partial charge in [-0.25, -0.2) is 0 Å². The fraction of sp³-hybridized carbons (Fsp3) is 0.400. The lowest BCUT2D eigenvalue weighted by molar-refractivity contribution is 0.570. The Labute approximate surface area is 148 Å². The second-order valence-electron chi connectivity index (χ2n) is 4.81. The van der Waals surface area contributed by atoms with Crippen molar-refractivity contribution in [2.45, 2.75) is 26.4 Å². The summed E-state index contributed by atoms with van der Waals surface area (Å²) >= 11 is 0. The van der Waals surface area contributed by atoms with Crippen molar-refractivity contribution in [2.24, 2.45) is 4.99 Å². The Hall–Kier alpha value is -1.64. The first kappa shape index (κ1) is 18.4. The minimum Gasteiger partial charge on any atom is -0.356 e. The molecule has 2 heterocycles. The number of aryl methyl sites for hydroxylation is 2. The molecule has 2 rings (SSSR count). The van der Waals surface area contributed by atoms with Gasteiger partial charge in [-0.3, -0.25) is 14.7 Å². The average Bonchev–Trinajstić information content (AvgIpc) is 2.93. The van der Waals surface area contributed by atoms with E-state index in [0.717, 1.165) is 31.2 Å². The molecule has 120 valence electrons. The molecule has 0 saturated carbocycles. The molecule has 7 heteroatoms. The maximum atomic E-state index is 4.27. The van der Waals surface area contributed by atoms with E-state index in [1.165, 1.54) is 5.56 Å². The van der Waals surface area contributed by atoms with Crippen molar-refractivity contribution in [1.82, 2.24) is 25.4 Å². The third-order valence-corrected chi connectivity index (χ3v) is 3.01. The first-order valence-corrected chi connectivity index (χ1v) is 7.11. The molecule has 6 nitrogen and oxygen atoms in total. The quantitative estimate of drug-likeness (QED) is 0.328. The summed E-state index contributed by atoms with van der Waals surface area (Å²) in [6.07, 6.45) is 6.71. The predicted octanol–water partition coefficient (Wildman–Crippen LogP) is 1.96. The molecule has 0 radical (unpaired) electrons. The standard InChI is InChI=1S/C15H22N6.HI/c1-13-10-20-21(12-13)9-5-8-18-15(16-2)19-11-14-6-3-4-7-17-14;/h3-4,6-7,10,12H,5,8-9,11H2,1-2H3,(H2,16,18,19);1H. The molecule has 0 aliphatic rings. The number of nitrogens with zero attached hydrogens (tertiary/aromatic N) is 4. The Morgan fingerprint density at radius 1 is 1.32 bits per heavy atom. The van der Waals surface area contributed by atoms with Gasteiger partial charge in [0.15, 0.2) is 5.96 Å². The van der Waals surface area contributed by atoms with Gasteiger partial charge in [0.25, 0.3) is 0 Å². The molecule has 0 fully saturated rings. The number of halogens is 1. The summed E-state index contributed by atoms with van der Waals surface area (Å²) in [4.78, 5) is 8.46. The number of aliphatic imine (C=N–C) groups is 1. The first-order valence-electron chi connectivity index (χ1n) is 7.11. The summed E-state index contributed by atoms with van der Waals surface area (Å²) in [5.41, 5.74) is 2.18. The maximum absolute atomic E-state index is 4.27. The molecule has 0 amide bonds. The highest BCUT2D eigenvalue weighted by Gasteiger charge is 1.99. The molecule has 0 aromatic carbocycles. The van der Waals surface area contributed by atoms with Crippen molar-refractivity contribution in [3.05, 3.63) is 48.0 Å². The Morgan fingerprint density at radius 3 is 2.82 bits per heavy atom. The van der Waals surface area contributed by atoms with Crippen LogP contribution in [0.25, 0.3) is 0 Å². The van der Waals surface area contributed by atoms with Crippen molar-refractivity contribution < 1.29 is 0 Å². The van der Waals surface area contributed by atoms with Crippen LogP contribution in [0.15, 0.2) is 41.8 Å². The largest absolute Gasteiger partial charge is 0.356 e. The number of hydrogen-bond donors (Lipinski definition) is 2. The molecule has 0 saturated heterocycles. The summed E-state index contributed by atoms with van der Waals surface area (Å²) in [5.74, 6) is 0.789. The summed E-state index contributed by atoms with van der Waals surface area (Å²) in [6.45, 7) is 4.46. The first-order chi connectivity index (χ1) is 10.3. The third-order valence-electron chi connectivity index (χ3n) is 3.01. The van der Waals surface area contributed by atoms with E-state index >= 15 is 0 Å². The van der Waals surface area contributed by atoms with E-state index in [1.54, 1.807) is 13.2 Å². The topological polar surface area (TPSA) is 67.1 Å². The van der Waals surface area contributed by atoms with Gasteiger partial charge < -0.3 is 10.6 Å². The molecule has 22 heavy (non-hydrogen) atoms. The zero-order valence-electron chi connectivity index (χ0n) is 13.0. The van der Waals surface area contributed by atoms with E-state index in [1.807, 2.05) is 42.2 Å². The molecule has 0 aliphatic heterocycles. The van der Waals surface area contributed by atoms with Crippen molar-refractivity contribution in [3.8, 4) is 0 Å². The molecule has 0 spiro atoms. The molecule has 0 bridgehead atoms. The fourth-order valence-electron chi connectivity index (χ4n) is 1.93. The zero-order valence-corrected chi connectivity index (χ0v) is 15.3. The van der Waals surface area contributed by atoms with Crippen LogP contribution in [0.4, 0.5) is 0 Å². The molecule has 0 unspecified atom stereocenters. The van der Waals surface area contributed by atoms with Crippen LogP contribution in [-0.4, -0.2) is 34.3 Å². The number of guanidine groups is 1. The molecular weight excluding hydrogens is 391 g/mol. The highest BCUT2D eigenvalue weighted by molar-refractivity contribution is 14.0. The highest BCUT2D eigenvalue weighted by atomic mass is 127. The van der Waals surface area contributed by atoms with Gasteiger partial charge in [-0.2, -0.15) is 5.10 Å². The molecule has 2 N–H and O–H groups in total. The van der Waals surface area contributed by atoms with Crippen molar-refractivity contribution in [2.75, 3.05) is 13.6 Å². The number of pyridine rings is 1. The van der Waals surface area contributed by atoms with Gasteiger partial charge in [-0.15, -0.1) is 24.0 Å². The van der Waals surface area contributed by atoms with E-state index in [9.17, 15) is 0 Å². The van der Waals surface area contributed by atoms with Crippen LogP contribution in [0.3, 0.4) is 0 Å². The van der Waals surface area contributed by atoms with Crippen molar-refractivity contribution >= 4 is 29.9 Å². The smallest absolute Gasteiger partial charge is 0.191 e. The maximum Gasteiger partial charge on any atom is 0.191 e. The van der Waals surface area contributed by atoms with E-state index in [0.29, 0.717) is 6.54 Å². The average molecular weight is 414 g/mol. The van der Waals surface area contributed by atoms with E-state index in [4.69, 9.17) is 0 Å². The Morgan fingerprint density at radius 2 is 2.18 bits per heavy atom. The van der Waals surface area contributed by atoms with Gasteiger partial charge >= 0.3 is 0 Å². The monoisotopic (exact) mass is 414 g/mol. The van der Waals surface area contributed by atoms with Gasteiger partial charge in [-0.1, -0.05) is 6.07 Å². The van der Waals surface area contributed by atoms with Gasteiger partial charge in [0, 0.05) is 32.5 Å². The van der Waals surface area contributed by atoms with Crippen LogP contribution in [0.5, 0.6) is 0 Å². The Bertz CT molecular complexity index is 566. The summed E-state index contributed by atoms with van der Waals surface area (Å²) in [7, 11) is 1.77. The van der Waals surface area contributed by atoms with Crippen LogP contribution in [0.2, 0.25) is 0 Å². The number of hydrogen-bond acceptors (Lipinski definition) is 3. The van der Waals surface area contributed by atoms with E-state index < -0.39 is 0 Å². The van der Waals surface area contributed by atoms with Crippen LogP contribution >= 0.6 is 24.0 Å². The second kappa shape index (κ2) is 10.1. The van der Waals surface area contributed by atoms with E-state index in [-0.39, 0.29) is 24.0 Å². The van der Waals surface area contributed by atoms with Crippen LogP contribution < -0.4 is 10.6 Å². The van der Waals surface area contributed by atoms with Crippen molar-refractivity contribution in [3.63, 3.8) is 0 Å². The lowest BCUT2D eigenvalue weighted by Crippen LogP contribution is -2.37. The minimum atomic E-state index is 0. The number of aromatic nitrogens is 3. The summed E-state index contributed by atoms with van der Waals surface area (Å²) in [6, 6.07) is 5.88. The van der Waals surface area contributed by atoms with E-state index in [2.05, 4.69) is 25.7 Å².